The lowest BCUT2D eigenvalue weighted by atomic mass is 10.2. The Bertz CT molecular complexity index is 226. The largest absolute Gasteiger partial charge is 0.480 e. The van der Waals surface area contributed by atoms with Gasteiger partial charge < -0.3 is 15.5 Å². The Morgan fingerprint density at radius 2 is 2.00 bits per heavy atom. The molecule has 17 heavy (non-hydrogen) atoms. The first-order valence-electron chi connectivity index (χ1n) is 5.30. The minimum Gasteiger partial charge on any atom is -0.480 e. The van der Waals surface area contributed by atoms with Gasteiger partial charge in [-0.05, 0) is 31.4 Å². The third kappa shape index (κ3) is 15.0. The molecule has 100 valence electrons. The second-order valence-electron chi connectivity index (χ2n) is 3.17. The number of aliphatic carboxylic acids is 2. The van der Waals surface area contributed by atoms with Gasteiger partial charge >= 0.3 is 11.9 Å². The number of carbonyl (C=O) groups is 2. The number of carboxylic acids is 2. The van der Waals surface area contributed by atoms with Crippen molar-refractivity contribution in [2.24, 2.45) is 0 Å². The maximum absolute atomic E-state index is 10.6. The van der Waals surface area contributed by atoms with Crippen LogP contribution in [-0.2, 0) is 9.59 Å². The van der Waals surface area contributed by atoms with Crippen molar-refractivity contribution in [2.75, 3.05) is 18.6 Å². The van der Waals surface area contributed by atoms with Crippen molar-refractivity contribution in [3.63, 3.8) is 0 Å². The summed E-state index contributed by atoms with van der Waals surface area (Å²) in [6.07, 6.45) is 4.50. The van der Waals surface area contributed by atoms with E-state index in [2.05, 4.69) is 11.9 Å². The zero-order valence-electron chi connectivity index (χ0n) is 10.3. The predicted molar refractivity (Wildman–Crippen MR) is 70.5 cm³/mol. The van der Waals surface area contributed by atoms with Gasteiger partial charge in [-0.25, -0.2) is 4.79 Å². The fraction of sp³-hybridized carbons (Fsp3) is 0.636. The molecule has 0 rings (SSSR count). The highest BCUT2D eigenvalue weighted by Crippen LogP contribution is 2.00. The third-order valence-electron chi connectivity index (χ3n) is 1.72. The smallest absolute Gasteiger partial charge is 0.327 e. The lowest BCUT2D eigenvalue weighted by Gasteiger charge is -2.12. The van der Waals surface area contributed by atoms with Gasteiger partial charge in [-0.2, -0.15) is 11.8 Å². The molecule has 0 aliphatic carbocycles. The SMILES string of the molecule is C=CC(=O)O.CCCN[C@@H](CCSC)C(=O)O. The van der Waals surface area contributed by atoms with Gasteiger partial charge in [0.1, 0.15) is 6.04 Å². The summed E-state index contributed by atoms with van der Waals surface area (Å²) in [7, 11) is 0. The minimum absolute atomic E-state index is 0.364. The molecule has 0 aromatic rings. The highest BCUT2D eigenvalue weighted by molar-refractivity contribution is 7.98. The van der Waals surface area contributed by atoms with Crippen molar-refractivity contribution in [1.29, 1.82) is 0 Å². The van der Waals surface area contributed by atoms with Gasteiger partial charge in [0.2, 0.25) is 0 Å². The normalized spacial score (nSPS) is 10.9. The summed E-state index contributed by atoms with van der Waals surface area (Å²) in [5.74, 6) is -0.823. The van der Waals surface area contributed by atoms with Gasteiger partial charge in [-0.1, -0.05) is 13.5 Å². The van der Waals surface area contributed by atoms with E-state index < -0.39 is 11.9 Å². The van der Waals surface area contributed by atoms with Crippen molar-refractivity contribution in [2.45, 2.75) is 25.8 Å². The minimum atomic E-state index is -0.981. The number of nitrogens with one attached hydrogen (secondary N) is 1. The molecule has 0 heterocycles. The van der Waals surface area contributed by atoms with Gasteiger partial charge in [-0.3, -0.25) is 4.79 Å². The fourth-order valence-electron chi connectivity index (χ4n) is 0.867. The van der Waals surface area contributed by atoms with E-state index in [-0.39, 0.29) is 6.04 Å². The average Bonchev–Trinajstić information content (AvgIpc) is 2.29. The zero-order chi connectivity index (χ0) is 13.7. The molecular formula is C11H21NO4S. The summed E-state index contributed by atoms with van der Waals surface area (Å²) >= 11 is 1.68. The van der Waals surface area contributed by atoms with Crippen LogP contribution in [0, 0.1) is 0 Å². The van der Waals surface area contributed by atoms with Crippen LogP contribution in [0.15, 0.2) is 12.7 Å². The van der Waals surface area contributed by atoms with E-state index in [1.807, 2.05) is 13.2 Å². The molecule has 0 aliphatic heterocycles. The van der Waals surface area contributed by atoms with Gasteiger partial charge in [-0.15, -0.1) is 0 Å². The van der Waals surface area contributed by atoms with Crippen LogP contribution < -0.4 is 5.32 Å². The van der Waals surface area contributed by atoms with Crippen molar-refractivity contribution < 1.29 is 19.8 Å². The Labute approximate surface area is 106 Å². The molecule has 6 heteroatoms. The van der Waals surface area contributed by atoms with Crippen LogP contribution >= 0.6 is 11.8 Å². The molecule has 0 saturated carbocycles. The fourth-order valence-corrected chi connectivity index (χ4v) is 1.34. The van der Waals surface area contributed by atoms with E-state index in [4.69, 9.17) is 10.2 Å². The number of hydrogen-bond acceptors (Lipinski definition) is 4. The molecule has 0 aliphatic rings. The number of carboxylic acid groups (broad SMARTS) is 2. The topological polar surface area (TPSA) is 86.6 Å². The van der Waals surface area contributed by atoms with E-state index in [1.165, 1.54) is 0 Å². The van der Waals surface area contributed by atoms with Crippen molar-refractivity contribution in [3.05, 3.63) is 12.7 Å². The van der Waals surface area contributed by atoms with Crippen LogP contribution in [0.4, 0.5) is 0 Å². The maximum atomic E-state index is 10.6. The summed E-state index contributed by atoms with van der Waals surface area (Å²) in [4.78, 5) is 19.9. The molecule has 0 aromatic heterocycles. The number of rotatable bonds is 8. The van der Waals surface area contributed by atoms with Gasteiger partial charge in [0.15, 0.2) is 0 Å². The lowest BCUT2D eigenvalue weighted by Crippen LogP contribution is -2.37. The van der Waals surface area contributed by atoms with Crippen molar-refractivity contribution in [3.8, 4) is 0 Å². The first-order valence-corrected chi connectivity index (χ1v) is 6.69. The predicted octanol–water partition coefficient (Wildman–Crippen LogP) is 1.45. The quantitative estimate of drug-likeness (QED) is 0.575. The summed E-state index contributed by atoms with van der Waals surface area (Å²) < 4.78 is 0. The molecule has 0 aromatic carbocycles. The van der Waals surface area contributed by atoms with Gasteiger partial charge in [0, 0.05) is 6.08 Å². The molecule has 3 N–H and O–H groups in total. The molecule has 1 atom stereocenters. The van der Waals surface area contributed by atoms with Crippen LogP contribution in [0.25, 0.3) is 0 Å². The maximum Gasteiger partial charge on any atom is 0.327 e. The Hall–Kier alpha value is -1.01. The Kier molecular flexibility index (Phi) is 14.1. The molecule has 5 nitrogen and oxygen atoms in total. The van der Waals surface area contributed by atoms with Crippen LogP contribution in [-0.4, -0.2) is 46.7 Å². The van der Waals surface area contributed by atoms with Crippen LogP contribution in [0.3, 0.4) is 0 Å². The third-order valence-corrected chi connectivity index (χ3v) is 2.37. The van der Waals surface area contributed by atoms with Gasteiger partial charge in [0.05, 0.1) is 0 Å². The first-order chi connectivity index (χ1) is 7.99. The molecule has 0 unspecified atom stereocenters. The van der Waals surface area contributed by atoms with Crippen LogP contribution in [0.5, 0.6) is 0 Å². The molecule has 0 fully saturated rings. The van der Waals surface area contributed by atoms with E-state index in [1.54, 1.807) is 11.8 Å². The summed E-state index contributed by atoms with van der Waals surface area (Å²) in [6, 6.07) is -0.364. The van der Waals surface area contributed by atoms with Crippen LogP contribution in [0.2, 0.25) is 0 Å². The summed E-state index contributed by atoms with van der Waals surface area (Å²) in [5.41, 5.74) is 0. The summed E-state index contributed by atoms with van der Waals surface area (Å²) in [6.45, 7) is 5.77. The molecule has 0 spiro atoms. The monoisotopic (exact) mass is 263 g/mol. The molecule has 0 amide bonds. The number of hydrogen-bond donors (Lipinski definition) is 3. The number of thioether (sulfide) groups is 1. The zero-order valence-corrected chi connectivity index (χ0v) is 11.1. The van der Waals surface area contributed by atoms with Crippen molar-refractivity contribution in [1.82, 2.24) is 5.32 Å². The standard InChI is InChI=1S/C8H17NO2S.C3H4O2/c1-3-5-9-7(8(10)11)4-6-12-2;1-2-3(4)5/h7,9H,3-6H2,1-2H3,(H,10,11);2H,1H2,(H,4,5)/t7-;/m0./s1. The van der Waals surface area contributed by atoms with E-state index in [0.717, 1.165) is 24.8 Å². The molecule has 0 saturated heterocycles. The second kappa shape index (κ2) is 13.1. The van der Waals surface area contributed by atoms with Crippen LogP contribution in [0.1, 0.15) is 19.8 Å². The summed E-state index contributed by atoms with van der Waals surface area (Å²) in [5, 5.41) is 19.3. The van der Waals surface area contributed by atoms with E-state index in [0.29, 0.717) is 6.42 Å². The Morgan fingerprint density at radius 3 is 2.29 bits per heavy atom. The Balaban J connectivity index is 0. The molecule has 0 radical (unpaired) electrons. The average molecular weight is 263 g/mol. The van der Waals surface area contributed by atoms with Gasteiger partial charge in [0.25, 0.3) is 0 Å². The van der Waals surface area contributed by atoms with E-state index >= 15 is 0 Å². The highest BCUT2D eigenvalue weighted by Gasteiger charge is 2.14. The van der Waals surface area contributed by atoms with Crippen molar-refractivity contribution >= 4 is 23.7 Å². The molecular weight excluding hydrogens is 242 g/mol. The Morgan fingerprint density at radius 1 is 1.47 bits per heavy atom. The first kappa shape index (κ1) is 18.4. The molecule has 0 bridgehead atoms. The van der Waals surface area contributed by atoms with E-state index in [9.17, 15) is 9.59 Å². The highest BCUT2D eigenvalue weighted by atomic mass is 32.2. The lowest BCUT2D eigenvalue weighted by molar-refractivity contribution is -0.139. The second-order valence-corrected chi connectivity index (χ2v) is 4.15.